The number of sulfonamides is 1. The average Bonchev–Trinajstić information content (AvgIpc) is 3.25. The predicted octanol–water partition coefficient (Wildman–Crippen LogP) is 3.36. The normalized spacial score (nSPS) is 15.0. The Morgan fingerprint density at radius 1 is 0.971 bits per heavy atom. The Kier molecular flexibility index (Phi) is 6.71. The Bertz CT molecular complexity index is 1300. The Hall–Kier alpha value is -3.25. The van der Waals surface area contributed by atoms with Crippen molar-refractivity contribution in [3.8, 4) is 11.3 Å². The number of carbonyl (C=O) groups is 1. The molecule has 12 heteroatoms. The minimum atomic E-state index is -4.18. The van der Waals surface area contributed by atoms with Crippen LogP contribution in [0, 0.1) is 23.3 Å². The van der Waals surface area contributed by atoms with Crippen LogP contribution in [0.15, 0.2) is 51.9 Å². The summed E-state index contributed by atoms with van der Waals surface area (Å²) in [7, 11) is -4.18. The molecule has 2 heterocycles. The highest BCUT2D eigenvalue weighted by atomic mass is 32.2. The van der Waals surface area contributed by atoms with Gasteiger partial charge in [0.1, 0.15) is 28.2 Å². The zero-order valence-electron chi connectivity index (χ0n) is 17.7. The number of aryl methyl sites for hydroxylation is 1. The van der Waals surface area contributed by atoms with Gasteiger partial charge in [-0.1, -0.05) is 6.07 Å². The Labute approximate surface area is 192 Å². The molecule has 4 rings (SSSR count). The van der Waals surface area contributed by atoms with Crippen molar-refractivity contribution in [3.05, 3.63) is 71.8 Å². The standard InChI is InChI=1S/C22H19F4N3O4S/c23-14-4-5-19(17(26)12-14)34(31,32)29-10-8-28(9-11-29)21(30)7-6-20-27-13-18(33-20)22-15(24)2-1-3-16(22)25/h1-5,12-13H,6-11H2. The van der Waals surface area contributed by atoms with Gasteiger partial charge in [0.25, 0.3) is 0 Å². The number of aromatic nitrogens is 1. The molecular weight excluding hydrogens is 478 g/mol. The molecule has 1 aromatic heterocycles. The number of benzene rings is 2. The fourth-order valence-corrected chi connectivity index (χ4v) is 5.12. The van der Waals surface area contributed by atoms with Gasteiger partial charge in [0, 0.05) is 45.1 Å². The van der Waals surface area contributed by atoms with E-state index in [9.17, 15) is 30.8 Å². The second kappa shape index (κ2) is 9.55. The van der Waals surface area contributed by atoms with Crippen LogP contribution >= 0.6 is 0 Å². The number of rotatable bonds is 6. The van der Waals surface area contributed by atoms with Crippen LogP contribution < -0.4 is 0 Å². The number of oxazole rings is 1. The van der Waals surface area contributed by atoms with Crippen molar-refractivity contribution in [2.45, 2.75) is 17.7 Å². The highest BCUT2D eigenvalue weighted by Crippen LogP contribution is 2.27. The van der Waals surface area contributed by atoms with Crippen LogP contribution in [0.1, 0.15) is 12.3 Å². The molecule has 1 saturated heterocycles. The van der Waals surface area contributed by atoms with Gasteiger partial charge in [0.15, 0.2) is 11.7 Å². The minimum Gasteiger partial charge on any atom is -0.441 e. The molecule has 1 amide bonds. The average molecular weight is 497 g/mol. The number of nitrogens with zero attached hydrogens (tertiary/aromatic N) is 3. The van der Waals surface area contributed by atoms with Crippen molar-refractivity contribution < 1.29 is 35.2 Å². The number of piperazine rings is 1. The molecule has 0 aliphatic carbocycles. The molecule has 0 radical (unpaired) electrons. The molecule has 34 heavy (non-hydrogen) atoms. The first-order valence-corrected chi connectivity index (χ1v) is 11.7. The van der Waals surface area contributed by atoms with Crippen molar-refractivity contribution in [2.24, 2.45) is 0 Å². The minimum absolute atomic E-state index is 0.0148. The van der Waals surface area contributed by atoms with Crippen molar-refractivity contribution in [1.82, 2.24) is 14.2 Å². The molecule has 0 atom stereocenters. The lowest BCUT2D eigenvalue weighted by Crippen LogP contribution is -2.50. The third-order valence-corrected chi connectivity index (χ3v) is 7.35. The number of halogens is 4. The van der Waals surface area contributed by atoms with Crippen LogP contribution in [0.25, 0.3) is 11.3 Å². The van der Waals surface area contributed by atoms with E-state index in [0.29, 0.717) is 6.07 Å². The van der Waals surface area contributed by atoms with Gasteiger partial charge in [0.05, 0.1) is 11.8 Å². The van der Waals surface area contributed by atoms with Gasteiger partial charge < -0.3 is 9.32 Å². The van der Waals surface area contributed by atoms with E-state index in [0.717, 1.165) is 28.6 Å². The molecule has 0 saturated carbocycles. The van der Waals surface area contributed by atoms with Crippen molar-refractivity contribution in [2.75, 3.05) is 26.2 Å². The lowest BCUT2D eigenvalue weighted by molar-refractivity contribution is -0.132. The number of hydrogen-bond donors (Lipinski definition) is 0. The number of hydrogen-bond acceptors (Lipinski definition) is 5. The SMILES string of the molecule is O=C(CCc1ncc(-c2c(F)cccc2F)o1)N1CCN(S(=O)(=O)c2ccc(F)cc2F)CC1. The third kappa shape index (κ3) is 4.82. The van der Waals surface area contributed by atoms with E-state index >= 15 is 0 Å². The van der Waals surface area contributed by atoms with Crippen molar-refractivity contribution >= 4 is 15.9 Å². The second-order valence-electron chi connectivity index (χ2n) is 7.57. The van der Waals surface area contributed by atoms with E-state index in [1.165, 1.54) is 17.2 Å². The lowest BCUT2D eigenvalue weighted by Gasteiger charge is -2.34. The van der Waals surface area contributed by atoms with Crippen LogP contribution in [0.5, 0.6) is 0 Å². The zero-order valence-corrected chi connectivity index (χ0v) is 18.5. The molecule has 0 unspecified atom stereocenters. The van der Waals surface area contributed by atoms with Gasteiger partial charge in [-0.25, -0.2) is 31.0 Å². The van der Waals surface area contributed by atoms with Crippen molar-refractivity contribution in [1.29, 1.82) is 0 Å². The first-order valence-electron chi connectivity index (χ1n) is 10.3. The maximum atomic E-state index is 14.0. The Balaban J connectivity index is 1.34. The van der Waals surface area contributed by atoms with Crippen LogP contribution in [0.2, 0.25) is 0 Å². The van der Waals surface area contributed by atoms with Crippen LogP contribution in [0.3, 0.4) is 0 Å². The first kappa shape index (κ1) is 23.9. The van der Waals surface area contributed by atoms with E-state index in [1.54, 1.807) is 0 Å². The second-order valence-corrected chi connectivity index (χ2v) is 9.48. The maximum absolute atomic E-state index is 14.0. The molecule has 1 aliphatic rings. The van der Waals surface area contributed by atoms with E-state index in [4.69, 9.17) is 4.42 Å². The summed E-state index contributed by atoms with van der Waals surface area (Å²) in [5.41, 5.74) is -0.345. The summed E-state index contributed by atoms with van der Waals surface area (Å²) in [5.74, 6) is -3.92. The highest BCUT2D eigenvalue weighted by molar-refractivity contribution is 7.89. The van der Waals surface area contributed by atoms with Gasteiger partial charge >= 0.3 is 0 Å². The van der Waals surface area contributed by atoms with E-state index in [-0.39, 0.29) is 62.1 Å². The van der Waals surface area contributed by atoms with E-state index < -0.39 is 38.2 Å². The molecular formula is C22H19F4N3O4S. The zero-order chi connectivity index (χ0) is 24.5. The summed E-state index contributed by atoms with van der Waals surface area (Å²) < 4.78 is 86.6. The molecule has 0 N–H and O–H groups in total. The van der Waals surface area contributed by atoms with E-state index in [2.05, 4.69) is 4.98 Å². The van der Waals surface area contributed by atoms with Gasteiger partial charge in [0.2, 0.25) is 15.9 Å². The van der Waals surface area contributed by atoms with Crippen LogP contribution in [-0.4, -0.2) is 54.7 Å². The van der Waals surface area contributed by atoms with Gasteiger partial charge in [-0.05, 0) is 24.3 Å². The molecule has 0 bridgehead atoms. The Morgan fingerprint density at radius 2 is 1.65 bits per heavy atom. The smallest absolute Gasteiger partial charge is 0.246 e. The van der Waals surface area contributed by atoms with Gasteiger partial charge in [-0.3, -0.25) is 4.79 Å². The fraction of sp³-hybridized carbons (Fsp3) is 0.273. The molecule has 1 fully saturated rings. The number of amides is 1. The van der Waals surface area contributed by atoms with Crippen molar-refractivity contribution in [3.63, 3.8) is 0 Å². The summed E-state index contributed by atoms with van der Waals surface area (Å²) in [6.07, 6.45) is 1.24. The summed E-state index contributed by atoms with van der Waals surface area (Å²) >= 11 is 0. The topological polar surface area (TPSA) is 83.7 Å². The summed E-state index contributed by atoms with van der Waals surface area (Å²) in [6.45, 7) is 0.0531. The van der Waals surface area contributed by atoms with E-state index in [1.807, 2.05) is 0 Å². The largest absolute Gasteiger partial charge is 0.441 e. The van der Waals surface area contributed by atoms with Gasteiger partial charge in [-0.2, -0.15) is 4.31 Å². The number of carbonyl (C=O) groups excluding carboxylic acids is 1. The van der Waals surface area contributed by atoms with Crippen LogP contribution in [-0.2, 0) is 21.2 Å². The third-order valence-electron chi connectivity index (χ3n) is 5.42. The Morgan fingerprint density at radius 3 is 2.29 bits per heavy atom. The fourth-order valence-electron chi connectivity index (χ4n) is 3.65. The molecule has 180 valence electrons. The predicted molar refractivity (Wildman–Crippen MR) is 112 cm³/mol. The summed E-state index contributed by atoms with van der Waals surface area (Å²) in [6, 6.07) is 5.65. The molecule has 3 aromatic rings. The molecule has 2 aromatic carbocycles. The first-order chi connectivity index (χ1) is 16.2. The van der Waals surface area contributed by atoms with Gasteiger partial charge in [-0.15, -0.1) is 0 Å². The molecule has 7 nitrogen and oxygen atoms in total. The molecule has 1 aliphatic heterocycles. The summed E-state index contributed by atoms with van der Waals surface area (Å²) in [4.78, 5) is 17.3. The highest BCUT2D eigenvalue weighted by Gasteiger charge is 2.32. The summed E-state index contributed by atoms with van der Waals surface area (Å²) in [5, 5.41) is 0. The van der Waals surface area contributed by atoms with Crippen LogP contribution in [0.4, 0.5) is 17.6 Å². The monoisotopic (exact) mass is 497 g/mol. The maximum Gasteiger partial charge on any atom is 0.246 e. The quantitative estimate of drug-likeness (QED) is 0.488. The lowest BCUT2D eigenvalue weighted by atomic mass is 10.1. The molecule has 0 spiro atoms.